The lowest BCUT2D eigenvalue weighted by molar-refractivity contribution is -0.459. The monoisotopic (exact) mass is 230 g/mol. The Labute approximate surface area is 88.1 Å². The molecule has 0 saturated heterocycles. The van der Waals surface area contributed by atoms with Gasteiger partial charge in [-0.1, -0.05) is 0 Å². The molecule has 14 heavy (non-hydrogen) atoms. The summed E-state index contributed by atoms with van der Waals surface area (Å²) in [6.07, 6.45) is -2.21. The van der Waals surface area contributed by atoms with E-state index in [9.17, 15) is 13.2 Å². The lowest BCUT2D eigenvalue weighted by Crippen LogP contribution is -3.00. The van der Waals surface area contributed by atoms with E-state index in [0.29, 0.717) is 0 Å². The van der Waals surface area contributed by atoms with Crippen molar-refractivity contribution in [3.63, 3.8) is 0 Å². The molecule has 0 rings (SSSR count). The van der Waals surface area contributed by atoms with E-state index < -0.39 is 11.7 Å². The van der Waals surface area contributed by atoms with E-state index in [-0.39, 0.29) is 12.4 Å². The van der Waals surface area contributed by atoms with Gasteiger partial charge >= 0.3 is 6.18 Å². The molecule has 84 valence electrons. The Morgan fingerprint density at radius 3 is 1.86 bits per heavy atom. The summed E-state index contributed by atoms with van der Waals surface area (Å²) in [5.41, 5.74) is -0.664. The molecule has 0 saturated carbocycles. The summed E-state index contributed by atoms with van der Waals surface area (Å²) >= 11 is 0. The summed E-state index contributed by atoms with van der Waals surface area (Å²) in [4.78, 5) is 1.36. The third-order valence-electron chi connectivity index (χ3n) is 1.12. The van der Waals surface area contributed by atoms with Crippen molar-refractivity contribution in [2.75, 3.05) is 28.2 Å². The maximum atomic E-state index is 12.3. The smallest absolute Gasteiger partial charge is 0.423 e. The average molecular weight is 231 g/mol. The molecule has 0 aliphatic heterocycles. The van der Waals surface area contributed by atoms with E-state index in [1.165, 1.54) is 9.48 Å². The lowest BCUT2D eigenvalue weighted by Gasteiger charge is -2.10. The maximum absolute atomic E-state index is 12.3. The lowest BCUT2D eigenvalue weighted by atomic mass is 10.3. The molecule has 0 N–H and O–H groups in total. The molecule has 0 atom stereocenters. The first-order valence-corrected chi connectivity index (χ1v) is 3.70. The van der Waals surface area contributed by atoms with Crippen LogP contribution >= 0.6 is 0 Å². The Hall–Kier alpha value is -0.710. The van der Waals surface area contributed by atoms with Crippen molar-refractivity contribution in [1.29, 1.82) is 0 Å². The molecule has 0 radical (unpaired) electrons. The second kappa shape index (κ2) is 5.90. The molecule has 0 aromatic heterocycles. The van der Waals surface area contributed by atoms with Gasteiger partial charge in [0.15, 0.2) is 6.21 Å². The van der Waals surface area contributed by atoms with E-state index in [1.807, 2.05) is 0 Å². The summed E-state index contributed by atoms with van der Waals surface area (Å²) in [7, 11) is 6.20. The van der Waals surface area contributed by atoms with E-state index in [1.54, 1.807) is 28.2 Å². The van der Waals surface area contributed by atoms with Gasteiger partial charge in [-0.2, -0.15) is 13.2 Å². The largest absolute Gasteiger partial charge is 1.00 e. The third kappa shape index (κ3) is 6.77. The number of alkyl halides is 3. The number of rotatable bonds is 2. The Morgan fingerprint density at radius 1 is 1.21 bits per heavy atom. The fourth-order valence-corrected chi connectivity index (χ4v) is 0.736. The second-order valence-corrected chi connectivity index (χ2v) is 3.14. The van der Waals surface area contributed by atoms with Gasteiger partial charge < -0.3 is 17.3 Å². The quantitative estimate of drug-likeness (QED) is 0.407. The molecule has 0 spiro atoms. The second-order valence-electron chi connectivity index (χ2n) is 3.14. The van der Waals surface area contributed by atoms with Crippen LogP contribution in [0.3, 0.4) is 0 Å². The molecule has 0 aromatic carbocycles. The molecule has 6 heteroatoms. The van der Waals surface area contributed by atoms with Gasteiger partial charge in [-0.25, -0.2) is 4.58 Å². The van der Waals surface area contributed by atoms with Crippen molar-refractivity contribution < 1.29 is 30.2 Å². The average Bonchev–Trinajstić information content (AvgIpc) is 1.81. The standard InChI is InChI=1S/C8H14F3N2.ClH/c1-12(2)5-7(6-13(3)4)8(9,10)11;/h5-6H,1-4H3;1H/q+1;/p-1. The van der Waals surface area contributed by atoms with Crippen molar-refractivity contribution in [2.45, 2.75) is 6.18 Å². The highest BCUT2D eigenvalue weighted by Gasteiger charge is 2.34. The minimum atomic E-state index is -4.30. The van der Waals surface area contributed by atoms with Crippen LogP contribution in [0.2, 0.25) is 0 Å². The van der Waals surface area contributed by atoms with Crippen molar-refractivity contribution in [3.8, 4) is 0 Å². The molecule has 0 aromatic rings. The minimum absolute atomic E-state index is 0. The molecular formula is C8H14ClF3N2. The van der Waals surface area contributed by atoms with Gasteiger partial charge in [0.2, 0.25) is 0 Å². The zero-order valence-electron chi connectivity index (χ0n) is 8.56. The predicted octanol–water partition coefficient (Wildman–Crippen LogP) is -1.66. The fraction of sp³-hybridized carbons (Fsp3) is 0.625. The van der Waals surface area contributed by atoms with Crippen LogP contribution in [0, 0.1) is 0 Å². The van der Waals surface area contributed by atoms with Crippen LogP contribution in [0.5, 0.6) is 0 Å². The number of halogens is 4. The van der Waals surface area contributed by atoms with Gasteiger partial charge in [-0.05, 0) is 0 Å². The van der Waals surface area contributed by atoms with Crippen LogP contribution in [0.15, 0.2) is 11.8 Å². The van der Waals surface area contributed by atoms with E-state index in [2.05, 4.69) is 0 Å². The molecule has 0 unspecified atom stereocenters. The molecule has 0 fully saturated rings. The molecule has 0 heterocycles. The molecule has 2 nitrogen and oxygen atoms in total. The van der Waals surface area contributed by atoms with Crippen molar-refractivity contribution in [2.24, 2.45) is 0 Å². The fourth-order valence-electron chi connectivity index (χ4n) is 0.736. The number of hydrogen-bond donors (Lipinski definition) is 0. The van der Waals surface area contributed by atoms with E-state index in [0.717, 1.165) is 12.4 Å². The van der Waals surface area contributed by atoms with E-state index in [4.69, 9.17) is 0 Å². The number of nitrogens with zero attached hydrogens (tertiary/aromatic N) is 2. The van der Waals surface area contributed by atoms with Crippen molar-refractivity contribution in [1.82, 2.24) is 4.90 Å². The van der Waals surface area contributed by atoms with Crippen molar-refractivity contribution in [3.05, 3.63) is 11.8 Å². The first kappa shape index (κ1) is 15.7. The number of hydrogen-bond acceptors (Lipinski definition) is 1. The predicted molar refractivity (Wildman–Crippen MR) is 46.0 cm³/mol. The summed E-state index contributed by atoms with van der Waals surface area (Å²) in [5, 5.41) is 0. The van der Waals surface area contributed by atoms with Gasteiger partial charge in [0, 0.05) is 20.3 Å². The highest BCUT2D eigenvalue weighted by Crippen LogP contribution is 2.23. The number of allylic oxidation sites excluding steroid dienone is 1. The molecule has 0 aliphatic carbocycles. The van der Waals surface area contributed by atoms with Crippen molar-refractivity contribution >= 4 is 6.21 Å². The molecular weight excluding hydrogens is 217 g/mol. The van der Waals surface area contributed by atoms with Crippen LogP contribution in [0.4, 0.5) is 13.2 Å². The van der Waals surface area contributed by atoms with Gasteiger partial charge in [0.25, 0.3) is 0 Å². The summed E-state index contributed by atoms with van der Waals surface area (Å²) in [6.45, 7) is 0. The van der Waals surface area contributed by atoms with Gasteiger partial charge in [0.05, 0.1) is 0 Å². The Balaban J connectivity index is 0. The molecule has 0 amide bonds. The third-order valence-corrected chi connectivity index (χ3v) is 1.12. The zero-order chi connectivity index (χ0) is 10.6. The Bertz CT molecular complexity index is 227. The van der Waals surface area contributed by atoms with Gasteiger partial charge in [-0.3, -0.25) is 0 Å². The van der Waals surface area contributed by atoms with Crippen LogP contribution < -0.4 is 12.4 Å². The van der Waals surface area contributed by atoms with Crippen LogP contribution in [0.1, 0.15) is 0 Å². The summed E-state index contributed by atoms with van der Waals surface area (Å²) in [5.74, 6) is 0. The molecule has 0 bridgehead atoms. The van der Waals surface area contributed by atoms with Crippen LogP contribution in [0.25, 0.3) is 0 Å². The zero-order valence-corrected chi connectivity index (χ0v) is 9.32. The maximum Gasteiger partial charge on any atom is 0.423 e. The van der Waals surface area contributed by atoms with Crippen LogP contribution in [-0.2, 0) is 0 Å². The SMILES string of the molecule is CN(C)C=C(C=[N+](C)C)C(F)(F)F.[Cl-]. The Kier molecular flexibility index (Phi) is 6.64. The van der Waals surface area contributed by atoms with Gasteiger partial charge in [-0.15, -0.1) is 0 Å². The van der Waals surface area contributed by atoms with Gasteiger partial charge in [0.1, 0.15) is 19.7 Å². The normalized spacial score (nSPS) is 11.8. The highest BCUT2D eigenvalue weighted by atomic mass is 35.5. The topological polar surface area (TPSA) is 6.25 Å². The first-order chi connectivity index (χ1) is 5.73. The van der Waals surface area contributed by atoms with E-state index >= 15 is 0 Å². The highest BCUT2D eigenvalue weighted by molar-refractivity contribution is 5.75. The minimum Gasteiger partial charge on any atom is -1.00 e. The summed E-state index contributed by atoms with van der Waals surface area (Å²) in [6, 6.07) is 0. The molecule has 0 aliphatic rings. The first-order valence-electron chi connectivity index (χ1n) is 3.70. The van der Waals surface area contributed by atoms with Crippen LogP contribution in [-0.4, -0.2) is 50.1 Å². The summed E-state index contributed by atoms with van der Waals surface area (Å²) < 4.78 is 38.2. The Morgan fingerprint density at radius 2 is 1.64 bits per heavy atom.